The third-order valence-electron chi connectivity index (χ3n) is 2.46. The molecule has 0 aliphatic rings. The first-order chi connectivity index (χ1) is 8.99. The summed E-state index contributed by atoms with van der Waals surface area (Å²) in [5.74, 6) is -0.310. The van der Waals surface area contributed by atoms with Crippen LogP contribution >= 0.6 is 39.1 Å². The van der Waals surface area contributed by atoms with Gasteiger partial charge in [0, 0.05) is 15.7 Å². The summed E-state index contributed by atoms with van der Waals surface area (Å²) < 4.78 is 0.658. The molecule has 0 heterocycles. The molecule has 0 fully saturated rings. The number of para-hydroxylation sites is 1. The second-order valence-electron chi connectivity index (χ2n) is 3.79. The molecule has 0 aromatic heterocycles. The molecule has 6 heteroatoms. The maximum atomic E-state index is 12.1. The van der Waals surface area contributed by atoms with Crippen molar-refractivity contribution >= 4 is 56.4 Å². The Kier molecular flexibility index (Phi) is 4.34. The van der Waals surface area contributed by atoms with Crippen LogP contribution in [0.4, 0.5) is 11.4 Å². The van der Waals surface area contributed by atoms with Crippen LogP contribution in [0.1, 0.15) is 10.4 Å². The summed E-state index contributed by atoms with van der Waals surface area (Å²) in [5, 5.41) is 3.45. The number of anilines is 2. The Balaban J connectivity index is 2.28. The number of nitrogen functional groups attached to an aromatic ring is 1. The zero-order valence-electron chi connectivity index (χ0n) is 9.58. The van der Waals surface area contributed by atoms with Crippen LogP contribution < -0.4 is 11.1 Å². The highest BCUT2D eigenvalue weighted by atomic mass is 79.9. The van der Waals surface area contributed by atoms with Crippen LogP contribution in [0.25, 0.3) is 0 Å². The van der Waals surface area contributed by atoms with Gasteiger partial charge in [0.25, 0.3) is 5.91 Å². The monoisotopic (exact) mass is 358 g/mol. The molecule has 0 radical (unpaired) electrons. The van der Waals surface area contributed by atoms with Crippen LogP contribution in [0.15, 0.2) is 40.9 Å². The summed E-state index contributed by atoms with van der Waals surface area (Å²) in [6.07, 6.45) is 0. The largest absolute Gasteiger partial charge is 0.398 e. The molecule has 3 nitrogen and oxygen atoms in total. The first-order valence-corrected chi connectivity index (χ1v) is 6.84. The van der Waals surface area contributed by atoms with Crippen LogP contribution in [-0.4, -0.2) is 5.91 Å². The smallest absolute Gasteiger partial charge is 0.255 e. The summed E-state index contributed by atoms with van der Waals surface area (Å²) in [6, 6.07) is 9.92. The van der Waals surface area contributed by atoms with Crippen LogP contribution in [0.2, 0.25) is 10.0 Å². The molecule has 0 bridgehead atoms. The Morgan fingerprint density at radius 1 is 1.16 bits per heavy atom. The lowest BCUT2D eigenvalue weighted by Crippen LogP contribution is -2.12. The molecule has 2 rings (SSSR count). The van der Waals surface area contributed by atoms with Crippen molar-refractivity contribution in [2.75, 3.05) is 11.1 Å². The zero-order valence-corrected chi connectivity index (χ0v) is 12.7. The van der Waals surface area contributed by atoms with E-state index in [0.717, 1.165) is 0 Å². The molecule has 98 valence electrons. The lowest BCUT2D eigenvalue weighted by molar-refractivity contribution is 0.102. The molecular weight excluding hydrogens is 351 g/mol. The molecular formula is C13H9BrCl2N2O. The summed E-state index contributed by atoms with van der Waals surface area (Å²) in [7, 11) is 0. The van der Waals surface area contributed by atoms with Gasteiger partial charge >= 0.3 is 0 Å². The Hall–Kier alpha value is -1.23. The van der Waals surface area contributed by atoms with Gasteiger partial charge in [0.05, 0.1) is 15.7 Å². The fourth-order valence-electron chi connectivity index (χ4n) is 1.47. The van der Waals surface area contributed by atoms with Gasteiger partial charge < -0.3 is 11.1 Å². The van der Waals surface area contributed by atoms with E-state index in [0.29, 0.717) is 31.5 Å². The number of nitrogens with two attached hydrogens (primary N) is 1. The summed E-state index contributed by atoms with van der Waals surface area (Å²) in [5.41, 5.74) is 7.08. The van der Waals surface area contributed by atoms with E-state index >= 15 is 0 Å². The van der Waals surface area contributed by atoms with Crippen LogP contribution in [0.3, 0.4) is 0 Å². The van der Waals surface area contributed by atoms with Crippen molar-refractivity contribution in [2.45, 2.75) is 0 Å². The highest BCUT2D eigenvalue weighted by molar-refractivity contribution is 9.10. The number of amides is 1. The molecule has 0 atom stereocenters. The zero-order chi connectivity index (χ0) is 14.0. The maximum Gasteiger partial charge on any atom is 0.255 e. The van der Waals surface area contributed by atoms with E-state index in [1.54, 1.807) is 36.4 Å². The van der Waals surface area contributed by atoms with Crippen LogP contribution in [-0.2, 0) is 0 Å². The molecule has 0 aliphatic heterocycles. The van der Waals surface area contributed by atoms with Gasteiger partial charge in [-0.2, -0.15) is 0 Å². The van der Waals surface area contributed by atoms with Gasteiger partial charge in [-0.05, 0) is 46.3 Å². The Labute approximate surface area is 128 Å². The molecule has 2 aromatic carbocycles. The minimum atomic E-state index is -0.310. The first-order valence-electron chi connectivity index (χ1n) is 5.29. The van der Waals surface area contributed by atoms with Crippen molar-refractivity contribution in [3.63, 3.8) is 0 Å². The van der Waals surface area contributed by atoms with E-state index < -0.39 is 0 Å². The summed E-state index contributed by atoms with van der Waals surface area (Å²) in [6.45, 7) is 0. The third kappa shape index (κ3) is 3.21. The molecule has 1 amide bonds. The number of carbonyl (C=O) groups is 1. The lowest BCUT2D eigenvalue weighted by Gasteiger charge is -2.09. The van der Waals surface area contributed by atoms with E-state index in [1.165, 1.54) is 0 Å². The molecule has 0 spiro atoms. The van der Waals surface area contributed by atoms with E-state index in [-0.39, 0.29) is 5.91 Å². The number of halogens is 3. The number of hydrogen-bond donors (Lipinski definition) is 2. The van der Waals surface area contributed by atoms with Gasteiger partial charge in [0.15, 0.2) is 0 Å². The SMILES string of the molecule is Nc1ccc(C(=O)Nc2c(Cl)cccc2Cl)cc1Br. The highest BCUT2D eigenvalue weighted by Gasteiger charge is 2.12. The number of carbonyl (C=O) groups excluding carboxylic acids is 1. The molecule has 0 unspecified atom stereocenters. The minimum Gasteiger partial charge on any atom is -0.398 e. The average Bonchev–Trinajstić information content (AvgIpc) is 2.37. The van der Waals surface area contributed by atoms with Gasteiger partial charge in [0.2, 0.25) is 0 Å². The lowest BCUT2D eigenvalue weighted by atomic mass is 10.2. The van der Waals surface area contributed by atoms with Gasteiger partial charge in [-0.25, -0.2) is 0 Å². The van der Waals surface area contributed by atoms with Gasteiger partial charge in [0.1, 0.15) is 0 Å². The van der Waals surface area contributed by atoms with Gasteiger partial charge in [-0.15, -0.1) is 0 Å². The first kappa shape index (κ1) is 14.2. The minimum absolute atomic E-state index is 0.310. The Morgan fingerprint density at radius 3 is 2.37 bits per heavy atom. The number of nitrogens with one attached hydrogen (secondary N) is 1. The fourth-order valence-corrected chi connectivity index (χ4v) is 2.34. The molecule has 0 saturated carbocycles. The third-order valence-corrected chi connectivity index (χ3v) is 3.78. The second-order valence-corrected chi connectivity index (χ2v) is 5.46. The van der Waals surface area contributed by atoms with E-state index in [1.807, 2.05) is 0 Å². The van der Waals surface area contributed by atoms with Crippen molar-refractivity contribution in [3.8, 4) is 0 Å². The number of benzene rings is 2. The Morgan fingerprint density at radius 2 is 1.79 bits per heavy atom. The van der Waals surface area contributed by atoms with Crippen molar-refractivity contribution in [1.29, 1.82) is 0 Å². The topological polar surface area (TPSA) is 55.1 Å². The normalized spacial score (nSPS) is 10.3. The molecule has 0 aliphatic carbocycles. The van der Waals surface area contributed by atoms with Crippen LogP contribution in [0, 0.1) is 0 Å². The van der Waals surface area contributed by atoms with Crippen molar-refractivity contribution in [3.05, 3.63) is 56.5 Å². The molecule has 0 saturated heterocycles. The fraction of sp³-hybridized carbons (Fsp3) is 0. The predicted octanol–water partition coefficient (Wildman–Crippen LogP) is 4.59. The van der Waals surface area contributed by atoms with Crippen LogP contribution in [0.5, 0.6) is 0 Å². The van der Waals surface area contributed by atoms with E-state index in [9.17, 15) is 4.79 Å². The van der Waals surface area contributed by atoms with Gasteiger partial charge in [-0.1, -0.05) is 29.3 Å². The molecule has 19 heavy (non-hydrogen) atoms. The number of hydrogen-bond acceptors (Lipinski definition) is 2. The quantitative estimate of drug-likeness (QED) is 0.770. The Bertz CT molecular complexity index is 626. The van der Waals surface area contributed by atoms with Crippen molar-refractivity contribution in [2.24, 2.45) is 0 Å². The molecule has 2 aromatic rings. The average molecular weight is 360 g/mol. The predicted molar refractivity (Wildman–Crippen MR) is 83.0 cm³/mol. The highest BCUT2D eigenvalue weighted by Crippen LogP contribution is 2.30. The van der Waals surface area contributed by atoms with E-state index in [2.05, 4.69) is 21.2 Å². The molecule has 3 N–H and O–H groups in total. The van der Waals surface area contributed by atoms with Crippen molar-refractivity contribution in [1.82, 2.24) is 0 Å². The summed E-state index contributed by atoms with van der Waals surface area (Å²) >= 11 is 15.2. The van der Waals surface area contributed by atoms with E-state index in [4.69, 9.17) is 28.9 Å². The second kappa shape index (κ2) is 5.82. The number of rotatable bonds is 2. The van der Waals surface area contributed by atoms with Crippen molar-refractivity contribution < 1.29 is 4.79 Å². The standard InChI is InChI=1S/C13H9BrCl2N2O/c14-8-6-7(4-5-11(8)17)13(19)18-12-9(15)2-1-3-10(12)16/h1-6H,17H2,(H,18,19). The van der Waals surface area contributed by atoms with Gasteiger partial charge in [-0.3, -0.25) is 4.79 Å². The summed E-state index contributed by atoms with van der Waals surface area (Å²) in [4.78, 5) is 12.1. The maximum absolute atomic E-state index is 12.1.